The van der Waals surface area contributed by atoms with Gasteiger partial charge in [-0.2, -0.15) is 0 Å². The molecule has 13 heavy (non-hydrogen) atoms. The summed E-state index contributed by atoms with van der Waals surface area (Å²) < 4.78 is 4.17. The number of ether oxygens (including phenoxy) is 1. The van der Waals surface area contributed by atoms with Gasteiger partial charge in [-0.15, -0.1) is 11.6 Å². The molecule has 0 aliphatic rings. The molecule has 0 saturated heterocycles. The van der Waals surface area contributed by atoms with Crippen LogP contribution in [-0.2, 0) is 14.3 Å². The van der Waals surface area contributed by atoms with Crippen molar-refractivity contribution < 1.29 is 19.4 Å². The van der Waals surface area contributed by atoms with E-state index in [0.29, 0.717) is 12.3 Å². The van der Waals surface area contributed by atoms with E-state index in [1.807, 2.05) is 0 Å². The Morgan fingerprint density at radius 3 is 2.23 bits per heavy atom. The van der Waals surface area contributed by atoms with Crippen molar-refractivity contribution in [2.24, 2.45) is 0 Å². The zero-order valence-corrected chi connectivity index (χ0v) is 8.21. The van der Waals surface area contributed by atoms with Gasteiger partial charge in [-0.25, -0.2) is 0 Å². The topological polar surface area (TPSA) is 63.6 Å². The molecule has 0 aromatic rings. The zero-order valence-electron chi connectivity index (χ0n) is 7.46. The van der Waals surface area contributed by atoms with Gasteiger partial charge in [0.15, 0.2) is 0 Å². The summed E-state index contributed by atoms with van der Waals surface area (Å²) in [6.07, 6.45) is 1.85. The predicted molar refractivity (Wildman–Crippen MR) is 49.6 cm³/mol. The van der Waals surface area contributed by atoms with E-state index in [1.165, 1.54) is 6.92 Å². The van der Waals surface area contributed by atoms with Crippen molar-refractivity contribution in [3.63, 3.8) is 0 Å². The van der Waals surface area contributed by atoms with Crippen LogP contribution in [0.1, 0.15) is 19.8 Å². The predicted octanol–water partition coefficient (Wildman–Crippen LogP) is 1.78. The Balaban J connectivity index is 0. The number of carboxylic acid groups (broad SMARTS) is 1. The lowest BCUT2D eigenvalue weighted by Crippen LogP contribution is -1.93. The van der Waals surface area contributed by atoms with E-state index < -0.39 is 5.97 Å². The number of carboxylic acids is 1. The molecule has 0 fully saturated rings. The largest absolute Gasteiger partial charge is 0.481 e. The number of esters is 1. The van der Waals surface area contributed by atoms with Crippen LogP contribution in [0.4, 0.5) is 0 Å². The molecule has 5 heteroatoms. The maximum atomic E-state index is 9.75. The molecule has 0 aromatic carbocycles. The molecule has 0 bridgehead atoms. The third-order valence-corrected chi connectivity index (χ3v) is 1.04. The van der Waals surface area contributed by atoms with Gasteiger partial charge in [0.1, 0.15) is 0 Å². The molecule has 0 atom stereocenters. The van der Waals surface area contributed by atoms with E-state index in [4.69, 9.17) is 16.7 Å². The fraction of sp³-hybridized carbons (Fsp3) is 0.500. The first kappa shape index (κ1) is 14.5. The number of aliphatic carboxylic acids is 1. The van der Waals surface area contributed by atoms with E-state index in [-0.39, 0.29) is 12.4 Å². The third-order valence-electron chi connectivity index (χ3n) is 0.774. The number of alkyl halides is 1. The molecule has 1 N–H and O–H groups in total. The van der Waals surface area contributed by atoms with E-state index in [9.17, 15) is 9.59 Å². The highest BCUT2D eigenvalue weighted by atomic mass is 35.5. The summed E-state index contributed by atoms with van der Waals surface area (Å²) in [5.41, 5.74) is 0. The second-order valence-electron chi connectivity index (χ2n) is 1.96. The van der Waals surface area contributed by atoms with Crippen LogP contribution in [0.2, 0.25) is 0 Å². The third kappa shape index (κ3) is 24.8. The van der Waals surface area contributed by atoms with Crippen LogP contribution in [0.3, 0.4) is 0 Å². The van der Waals surface area contributed by atoms with Gasteiger partial charge in [-0.1, -0.05) is 6.58 Å². The van der Waals surface area contributed by atoms with E-state index in [0.717, 1.165) is 6.26 Å². The maximum absolute atomic E-state index is 9.75. The van der Waals surface area contributed by atoms with Gasteiger partial charge >= 0.3 is 11.9 Å². The van der Waals surface area contributed by atoms with Gasteiger partial charge in [0, 0.05) is 19.2 Å². The normalized spacial score (nSPS) is 7.85. The van der Waals surface area contributed by atoms with Crippen molar-refractivity contribution in [3.8, 4) is 0 Å². The Morgan fingerprint density at radius 1 is 1.62 bits per heavy atom. The molecule has 0 heterocycles. The van der Waals surface area contributed by atoms with Crippen molar-refractivity contribution in [3.05, 3.63) is 12.8 Å². The highest BCUT2D eigenvalue weighted by Crippen LogP contribution is 1.89. The molecule has 0 aromatic heterocycles. The summed E-state index contributed by atoms with van der Waals surface area (Å²) in [5, 5.41) is 7.99. The Morgan fingerprint density at radius 2 is 2.15 bits per heavy atom. The minimum Gasteiger partial charge on any atom is -0.481 e. The van der Waals surface area contributed by atoms with Crippen molar-refractivity contribution in [2.45, 2.75) is 19.8 Å². The Labute approximate surface area is 82.1 Å². The summed E-state index contributed by atoms with van der Waals surface area (Å²) >= 11 is 5.18. The van der Waals surface area contributed by atoms with Crippen molar-refractivity contribution in [1.29, 1.82) is 0 Å². The summed E-state index contributed by atoms with van der Waals surface area (Å²) in [5.74, 6) is -0.669. The lowest BCUT2D eigenvalue weighted by Gasteiger charge is -1.84. The highest BCUT2D eigenvalue weighted by Gasteiger charge is 1.91. The Bertz CT molecular complexity index is 168. The molecule has 0 rings (SSSR count). The van der Waals surface area contributed by atoms with Crippen molar-refractivity contribution in [2.75, 3.05) is 5.88 Å². The van der Waals surface area contributed by atoms with Crippen LogP contribution < -0.4 is 0 Å². The standard InChI is InChI=1S/C4H7ClO2.C4H6O2/c5-3-1-2-4(6)7;1-3-6-4(2)5/h1-3H2,(H,6,7);3H,1H2,2H3. The monoisotopic (exact) mass is 208 g/mol. The van der Waals surface area contributed by atoms with Crippen molar-refractivity contribution >= 4 is 23.5 Å². The van der Waals surface area contributed by atoms with Gasteiger partial charge in [-0.3, -0.25) is 9.59 Å². The molecule has 0 aliphatic carbocycles. The second-order valence-corrected chi connectivity index (χ2v) is 2.34. The number of hydrogen-bond donors (Lipinski definition) is 1. The highest BCUT2D eigenvalue weighted by molar-refractivity contribution is 6.17. The van der Waals surface area contributed by atoms with Crippen LogP contribution >= 0.6 is 11.6 Å². The zero-order chi connectivity index (χ0) is 10.7. The molecular weight excluding hydrogens is 196 g/mol. The average Bonchev–Trinajstić information content (AvgIpc) is 2.01. The molecular formula is C8H13ClO4. The minimum absolute atomic E-state index is 0.184. The van der Waals surface area contributed by atoms with Gasteiger partial charge in [0.05, 0.1) is 6.26 Å². The number of halogens is 1. The second kappa shape index (κ2) is 11.0. The van der Waals surface area contributed by atoms with Crippen LogP contribution in [0.15, 0.2) is 12.8 Å². The quantitative estimate of drug-likeness (QED) is 0.435. The van der Waals surface area contributed by atoms with Gasteiger partial charge in [0.25, 0.3) is 0 Å². The van der Waals surface area contributed by atoms with E-state index in [2.05, 4.69) is 11.3 Å². The van der Waals surface area contributed by atoms with Gasteiger partial charge in [0.2, 0.25) is 0 Å². The maximum Gasteiger partial charge on any atom is 0.307 e. The SMILES string of the molecule is C=COC(C)=O.O=C(O)CCCCl. The number of carbonyl (C=O) groups excluding carboxylic acids is 1. The average molecular weight is 209 g/mol. The molecule has 0 unspecified atom stereocenters. The van der Waals surface area contributed by atoms with E-state index >= 15 is 0 Å². The smallest absolute Gasteiger partial charge is 0.307 e. The fourth-order valence-corrected chi connectivity index (χ4v) is 0.469. The summed E-state index contributed by atoms with van der Waals surface area (Å²) in [4.78, 5) is 19.4. The van der Waals surface area contributed by atoms with Crippen molar-refractivity contribution in [1.82, 2.24) is 0 Å². The molecule has 0 amide bonds. The van der Waals surface area contributed by atoms with Crippen LogP contribution in [-0.4, -0.2) is 22.9 Å². The van der Waals surface area contributed by atoms with Crippen LogP contribution in [0.5, 0.6) is 0 Å². The van der Waals surface area contributed by atoms with E-state index in [1.54, 1.807) is 0 Å². The lowest BCUT2D eigenvalue weighted by atomic mass is 10.3. The summed E-state index contributed by atoms with van der Waals surface area (Å²) in [6, 6.07) is 0. The van der Waals surface area contributed by atoms with Gasteiger partial charge < -0.3 is 9.84 Å². The molecule has 76 valence electrons. The van der Waals surface area contributed by atoms with Crippen LogP contribution in [0, 0.1) is 0 Å². The first-order chi connectivity index (χ1) is 6.04. The number of hydrogen-bond acceptors (Lipinski definition) is 3. The van der Waals surface area contributed by atoms with Gasteiger partial charge in [-0.05, 0) is 6.42 Å². The molecule has 0 radical (unpaired) electrons. The Hall–Kier alpha value is -1.03. The first-order valence-corrected chi connectivity index (χ1v) is 4.14. The molecule has 0 spiro atoms. The number of rotatable bonds is 4. The Kier molecular flexibility index (Phi) is 12.2. The minimum atomic E-state index is -0.777. The first-order valence-electron chi connectivity index (χ1n) is 3.60. The number of carbonyl (C=O) groups is 2. The van der Waals surface area contributed by atoms with Crippen LogP contribution in [0.25, 0.3) is 0 Å². The lowest BCUT2D eigenvalue weighted by molar-refractivity contribution is -0.137. The summed E-state index contributed by atoms with van der Waals surface area (Å²) in [6.45, 7) is 4.48. The molecule has 0 aliphatic heterocycles. The summed E-state index contributed by atoms with van der Waals surface area (Å²) in [7, 11) is 0. The fourth-order valence-electron chi connectivity index (χ4n) is 0.335. The molecule has 4 nitrogen and oxygen atoms in total. The molecule has 0 saturated carbocycles.